The Balaban J connectivity index is 1.75. The van der Waals surface area contributed by atoms with Crippen LogP contribution in [-0.2, 0) is 19.2 Å². The van der Waals surface area contributed by atoms with Crippen LogP contribution in [0.2, 0.25) is 0 Å². The highest BCUT2D eigenvalue weighted by molar-refractivity contribution is 8.00. The third kappa shape index (κ3) is 6.99. The molecule has 0 radical (unpaired) electrons. The van der Waals surface area contributed by atoms with Crippen LogP contribution in [0.3, 0.4) is 0 Å². The second kappa shape index (κ2) is 11.0. The Morgan fingerprint density at radius 2 is 1.90 bits per heavy atom. The van der Waals surface area contributed by atoms with Crippen molar-refractivity contribution in [3.8, 4) is 0 Å². The summed E-state index contributed by atoms with van der Waals surface area (Å²) >= 11 is 1.14. The van der Waals surface area contributed by atoms with Crippen molar-refractivity contribution < 1.29 is 24.3 Å². The number of hydrogen-bond acceptors (Lipinski definition) is 6. The first-order chi connectivity index (χ1) is 13.7. The van der Waals surface area contributed by atoms with Crippen molar-refractivity contribution in [2.45, 2.75) is 63.7 Å². The van der Waals surface area contributed by atoms with Crippen LogP contribution < -0.4 is 11.1 Å². The molecule has 2 atom stereocenters. The highest BCUT2D eigenvalue weighted by atomic mass is 32.2. The molecule has 0 spiro atoms. The Kier molecular flexibility index (Phi) is 8.95. The van der Waals surface area contributed by atoms with Gasteiger partial charge in [-0.05, 0) is 43.9 Å². The van der Waals surface area contributed by atoms with E-state index in [-0.39, 0.29) is 41.7 Å². The maximum Gasteiger partial charge on any atom is 0.321 e. The zero-order valence-corrected chi connectivity index (χ0v) is 18.1. The molecule has 0 aromatic heterocycles. The summed E-state index contributed by atoms with van der Waals surface area (Å²) in [5.74, 6) is -0.555. The highest BCUT2D eigenvalue weighted by Gasteiger charge is 2.40. The predicted octanol–water partition coefficient (Wildman–Crippen LogP) is 1.23. The number of thioether (sulfide) groups is 1. The number of carboxylic acids is 1. The van der Waals surface area contributed by atoms with Crippen molar-refractivity contribution in [1.82, 2.24) is 10.2 Å². The van der Waals surface area contributed by atoms with Gasteiger partial charge < -0.3 is 16.2 Å². The van der Waals surface area contributed by atoms with Crippen LogP contribution in [0, 0.1) is 17.8 Å². The second-order valence-electron chi connectivity index (χ2n) is 8.50. The van der Waals surface area contributed by atoms with Crippen LogP contribution in [0.15, 0.2) is 0 Å². The van der Waals surface area contributed by atoms with Crippen LogP contribution in [0.25, 0.3) is 0 Å². The minimum Gasteiger partial charge on any atom is -0.480 e. The molecule has 2 aliphatic rings. The molecule has 0 aromatic rings. The van der Waals surface area contributed by atoms with E-state index in [9.17, 15) is 19.2 Å². The minimum absolute atomic E-state index is 0.0178. The van der Waals surface area contributed by atoms with Crippen molar-refractivity contribution in [2.24, 2.45) is 23.5 Å². The van der Waals surface area contributed by atoms with E-state index in [1.54, 1.807) is 0 Å². The number of hydrogen-bond donors (Lipinski definition) is 3. The maximum absolute atomic E-state index is 12.5. The van der Waals surface area contributed by atoms with E-state index >= 15 is 0 Å². The smallest absolute Gasteiger partial charge is 0.321 e. The molecule has 1 aliphatic heterocycles. The molecule has 2 fully saturated rings. The average Bonchev–Trinajstić information content (AvgIpc) is 2.93. The van der Waals surface area contributed by atoms with Gasteiger partial charge in [0, 0.05) is 31.2 Å². The summed E-state index contributed by atoms with van der Waals surface area (Å²) in [4.78, 5) is 49.2. The normalized spacial score (nSPS) is 26.1. The molecule has 3 amide bonds. The zero-order valence-electron chi connectivity index (χ0n) is 17.3. The molecule has 164 valence electrons. The van der Waals surface area contributed by atoms with E-state index in [1.165, 1.54) is 4.90 Å². The largest absolute Gasteiger partial charge is 0.480 e. The molecular weight excluding hydrogens is 394 g/mol. The van der Waals surface area contributed by atoms with Crippen LogP contribution in [0.1, 0.15) is 52.4 Å². The quantitative estimate of drug-likeness (QED) is 0.447. The van der Waals surface area contributed by atoms with Gasteiger partial charge in [-0.15, -0.1) is 11.8 Å². The average molecular weight is 428 g/mol. The van der Waals surface area contributed by atoms with Crippen molar-refractivity contribution in [3.05, 3.63) is 0 Å². The fourth-order valence-electron chi connectivity index (χ4n) is 3.76. The fourth-order valence-corrected chi connectivity index (χ4v) is 4.87. The number of nitrogens with one attached hydrogen (secondary N) is 1. The monoisotopic (exact) mass is 427 g/mol. The number of rotatable bonds is 10. The summed E-state index contributed by atoms with van der Waals surface area (Å²) in [6.07, 6.45) is 4.27. The molecule has 9 heteroatoms. The maximum atomic E-state index is 12.5. The van der Waals surface area contributed by atoms with E-state index in [4.69, 9.17) is 10.8 Å². The van der Waals surface area contributed by atoms with Gasteiger partial charge in [0.1, 0.15) is 6.04 Å². The van der Waals surface area contributed by atoms with Crippen molar-refractivity contribution in [3.63, 3.8) is 0 Å². The lowest BCUT2D eigenvalue weighted by molar-refractivity contribution is -0.140. The third-order valence-electron chi connectivity index (χ3n) is 5.68. The molecule has 4 N–H and O–H groups in total. The van der Waals surface area contributed by atoms with Gasteiger partial charge in [0.15, 0.2) is 0 Å². The van der Waals surface area contributed by atoms with Crippen molar-refractivity contribution in [1.29, 1.82) is 0 Å². The van der Waals surface area contributed by atoms with Crippen LogP contribution >= 0.6 is 11.8 Å². The lowest BCUT2D eigenvalue weighted by Gasteiger charge is -2.30. The first-order valence-corrected chi connectivity index (χ1v) is 11.5. The number of carbonyl (C=O) groups excluding carboxylic acids is 3. The standard InChI is InChI=1S/C20H33N3O5S/c1-12(2)7-8-22-18(25)14-5-3-13(4-6-14)10-23-17(24)9-16(19(23)26)29-11-15(21)20(27)28/h12-16H,3-11,21H2,1-2H3,(H,22,25)(H,27,28). The lowest BCUT2D eigenvalue weighted by atomic mass is 9.81. The summed E-state index contributed by atoms with van der Waals surface area (Å²) < 4.78 is 0. The molecular formula is C20H33N3O5S. The number of carbonyl (C=O) groups is 4. The molecule has 2 rings (SSSR count). The van der Waals surface area contributed by atoms with E-state index < -0.39 is 17.3 Å². The second-order valence-corrected chi connectivity index (χ2v) is 9.74. The summed E-state index contributed by atoms with van der Waals surface area (Å²) in [7, 11) is 0. The summed E-state index contributed by atoms with van der Waals surface area (Å²) in [5, 5.41) is 11.3. The van der Waals surface area contributed by atoms with Crippen LogP contribution in [-0.4, -0.2) is 63.8 Å². The molecule has 1 heterocycles. The third-order valence-corrected chi connectivity index (χ3v) is 7.00. The summed E-state index contributed by atoms with van der Waals surface area (Å²) in [6.45, 7) is 5.35. The van der Waals surface area contributed by atoms with Gasteiger partial charge in [-0.25, -0.2) is 0 Å². The van der Waals surface area contributed by atoms with Gasteiger partial charge in [0.25, 0.3) is 0 Å². The summed E-state index contributed by atoms with van der Waals surface area (Å²) in [5.41, 5.74) is 5.48. The number of likely N-dealkylation sites (tertiary alicyclic amines) is 1. The van der Waals surface area contributed by atoms with Gasteiger partial charge in [-0.2, -0.15) is 0 Å². The van der Waals surface area contributed by atoms with Crippen LogP contribution in [0.5, 0.6) is 0 Å². The molecule has 0 aromatic carbocycles. The SMILES string of the molecule is CC(C)CCNC(=O)C1CCC(CN2C(=O)CC(SCC(N)C(=O)O)C2=O)CC1. The lowest BCUT2D eigenvalue weighted by Crippen LogP contribution is -2.39. The molecule has 1 saturated carbocycles. The van der Waals surface area contributed by atoms with Gasteiger partial charge in [-0.1, -0.05) is 13.8 Å². The van der Waals surface area contributed by atoms with E-state index in [0.29, 0.717) is 19.0 Å². The van der Waals surface area contributed by atoms with Gasteiger partial charge in [0.2, 0.25) is 17.7 Å². The van der Waals surface area contributed by atoms with Crippen molar-refractivity contribution in [2.75, 3.05) is 18.8 Å². The molecule has 1 saturated heterocycles. The number of imide groups is 1. The Hall–Kier alpha value is -1.61. The Labute approximate surface area is 176 Å². The first-order valence-electron chi connectivity index (χ1n) is 10.4. The molecule has 29 heavy (non-hydrogen) atoms. The molecule has 2 unspecified atom stereocenters. The van der Waals surface area contributed by atoms with E-state index in [1.807, 2.05) is 0 Å². The van der Waals surface area contributed by atoms with Gasteiger partial charge in [0.05, 0.1) is 5.25 Å². The number of amides is 3. The van der Waals surface area contributed by atoms with Gasteiger partial charge in [-0.3, -0.25) is 24.1 Å². The highest BCUT2D eigenvalue weighted by Crippen LogP contribution is 2.32. The number of nitrogens with two attached hydrogens (primary N) is 1. The Bertz CT molecular complexity index is 619. The topological polar surface area (TPSA) is 130 Å². The van der Waals surface area contributed by atoms with E-state index in [2.05, 4.69) is 19.2 Å². The number of nitrogens with zero attached hydrogens (tertiary/aromatic N) is 1. The molecule has 1 aliphatic carbocycles. The minimum atomic E-state index is -1.11. The number of aliphatic carboxylic acids is 1. The van der Waals surface area contributed by atoms with Crippen molar-refractivity contribution >= 4 is 35.5 Å². The number of carboxylic acid groups (broad SMARTS) is 1. The summed E-state index contributed by atoms with van der Waals surface area (Å²) in [6, 6.07) is -1.04. The van der Waals surface area contributed by atoms with Gasteiger partial charge >= 0.3 is 5.97 Å². The molecule has 0 bridgehead atoms. The van der Waals surface area contributed by atoms with Crippen LogP contribution in [0.4, 0.5) is 0 Å². The predicted molar refractivity (Wildman–Crippen MR) is 111 cm³/mol. The van der Waals surface area contributed by atoms with E-state index in [0.717, 1.165) is 43.9 Å². The fraction of sp³-hybridized carbons (Fsp3) is 0.800. The molecule has 8 nitrogen and oxygen atoms in total. The zero-order chi connectivity index (χ0) is 21.6. The first kappa shape index (κ1) is 23.7. The Morgan fingerprint density at radius 3 is 2.48 bits per heavy atom. The Morgan fingerprint density at radius 1 is 1.24 bits per heavy atom.